The van der Waals surface area contributed by atoms with Crippen LogP contribution in [0.4, 0.5) is 0 Å². The number of pyridine rings is 2. The number of nitriles is 1. The molecule has 0 aliphatic rings. The molecule has 0 fully saturated rings. The van der Waals surface area contributed by atoms with E-state index in [1.165, 1.54) is 0 Å². The van der Waals surface area contributed by atoms with Crippen molar-refractivity contribution in [1.82, 2.24) is 19.4 Å². The van der Waals surface area contributed by atoms with E-state index in [0.717, 1.165) is 28.9 Å². The largest absolute Gasteiger partial charge is 0.441 e. The lowest BCUT2D eigenvalue weighted by atomic mass is 9.92. The van der Waals surface area contributed by atoms with Crippen LogP contribution in [0.5, 0.6) is 0 Å². The first-order chi connectivity index (χ1) is 13.3. The Morgan fingerprint density at radius 1 is 1.18 bits per heavy atom. The molecular formula is C22H21N5O. The third-order valence-electron chi connectivity index (χ3n) is 4.36. The normalized spacial score (nSPS) is 11.7. The number of oxazole rings is 1. The van der Waals surface area contributed by atoms with Crippen LogP contribution >= 0.6 is 0 Å². The van der Waals surface area contributed by atoms with Crippen LogP contribution in [0.2, 0.25) is 0 Å². The SMILES string of the molecule is Cc1cn2ccc(-c3nc(C#N)ccc3-c3cnc(CC(C)(C)C)o3)cc2n1. The highest BCUT2D eigenvalue weighted by Crippen LogP contribution is 2.33. The molecule has 4 aromatic heterocycles. The lowest BCUT2D eigenvalue weighted by molar-refractivity contribution is 0.357. The summed E-state index contributed by atoms with van der Waals surface area (Å²) in [6.07, 6.45) is 6.38. The van der Waals surface area contributed by atoms with Gasteiger partial charge in [0.2, 0.25) is 0 Å². The molecule has 0 spiro atoms. The molecule has 0 amide bonds. The molecule has 0 atom stereocenters. The van der Waals surface area contributed by atoms with Crippen molar-refractivity contribution in [3.63, 3.8) is 0 Å². The van der Waals surface area contributed by atoms with Crippen LogP contribution in [-0.4, -0.2) is 19.4 Å². The van der Waals surface area contributed by atoms with Gasteiger partial charge in [0.1, 0.15) is 17.4 Å². The molecule has 6 nitrogen and oxygen atoms in total. The standard InChI is InChI=1S/C22H21N5O/c1-14-13-27-8-7-15(9-19(27)25-14)21-17(6-5-16(11-23)26-21)18-12-24-20(28-18)10-22(2,3)4/h5-9,12-13H,10H2,1-4H3. The van der Waals surface area contributed by atoms with Crippen LogP contribution in [0.1, 0.15) is 38.0 Å². The Kier molecular flexibility index (Phi) is 4.23. The molecule has 0 aliphatic carbocycles. The molecule has 0 bridgehead atoms. The Bertz CT molecular complexity index is 1200. The van der Waals surface area contributed by atoms with Crippen molar-refractivity contribution in [2.75, 3.05) is 0 Å². The number of aromatic nitrogens is 4. The summed E-state index contributed by atoms with van der Waals surface area (Å²) >= 11 is 0. The first kappa shape index (κ1) is 17.9. The van der Waals surface area contributed by atoms with E-state index in [-0.39, 0.29) is 5.41 Å². The topological polar surface area (TPSA) is 80.0 Å². The van der Waals surface area contributed by atoms with E-state index >= 15 is 0 Å². The molecule has 0 N–H and O–H groups in total. The molecule has 140 valence electrons. The van der Waals surface area contributed by atoms with Gasteiger partial charge in [-0.05, 0) is 36.6 Å². The Morgan fingerprint density at radius 3 is 2.75 bits per heavy atom. The number of hydrogen-bond acceptors (Lipinski definition) is 5. The first-order valence-corrected chi connectivity index (χ1v) is 9.14. The van der Waals surface area contributed by atoms with Gasteiger partial charge in [0.25, 0.3) is 0 Å². The molecule has 0 aromatic carbocycles. The zero-order valence-corrected chi connectivity index (χ0v) is 16.4. The van der Waals surface area contributed by atoms with Crippen molar-refractivity contribution in [1.29, 1.82) is 5.26 Å². The Balaban J connectivity index is 1.83. The molecule has 28 heavy (non-hydrogen) atoms. The molecular weight excluding hydrogens is 350 g/mol. The summed E-state index contributed by atoms with van der Waals surface area (Å²) in [6.45, 7) is 8.39. The van der Waals surface area contributed by atoms with Crippen molar-refractivity contribution in [2.45, 2.75) is 34.1 Å². The molecule has 0 saturated heterocycles. The molecule has 6 heteroatoms. The molecule has 0 aliphatic heterocycles. The van der Waals surface area contributed by atoms with Crippen LogP contribution in [0.3, 0.4) is 0 Å². The lowest BCUT2D eigenvalue weighted by Crippen LogP contribution is -2.09. The Labute approximate surface area is 163 Å². The molecule has 4 heterocycles. The van der Waals surface area contributed by atoms with Gasteiger partial charge < -0.3 is 8.82 Å². The first-order valence-electron chi connectivity index (χ1n) is 9.14. The molecule has 0 saturated carbocycles. The maximum atomic E-state index is 9.31. The van der Waals surface area contributed by atoms with Gasteiger partial charge in [0.05, 0.1) is 17.6 Å². The van der Waals surface area contributed by atoms with E-state index in [1.54, 1.807) is 12.3 Å². The van der Waals surface area contributed by atoms with Gasteiger partial charge in [0, 0.05) is 29.9 Å². The van der Waals surface area contributed by atoms with E-state index in [9.17, 15) is 5.26 Å². The van der Waals surface area contributed by atoms with Gasteiger partial charge in [-0.2, -0.15) is 5.26 Å². The third-order valence-corrected chi connectivity index (χ3v) is 4.36. The number of hydrogen-bond donors (Lipinski definition) is 0. The van der Waals surface area contributed by atoms with E-state index in [1.807, 2.05) is 41.9 Å². The summed E-state index contributed by atoms with van der Waals surface area (Å²) in [4.78, 5) is 13.5. The van der Waals surface area contributed by atoms with Crippen molar-refractivity contribution < 1.29 is 4.42 Å². The van der Waals surface area contributed by atoms with E-state index < -0.39 is 0 Å². The second-order valence-electron chi connectivity index (χ2n) is 8.12. The second-order valence-corrected chi connectivity index (χ2v) is 8.12. The Hall–Kier alpha value is -3.46. The highest BCUT2D eigenvalue weighted by atomic mass is 16.4. The quantitative estimate of drug-likeness (QED) is 0.516. The number of nitrogens with zero attached hydrogens (tertiary/aromatic N) is 5. The van der Waals surface area contributed by atoms with Crippen LogP contribution in [0.15, 0.2) is 47.3 Å². The van der Waals surface area contributed by atoms with Crippen LogP contribution in [-0.2, 0) is 6.42 Å². The van der Waals surface area contributed by atoms with E-state index in [2.05, 4.69) is 41.8 Å². The smallest absolute Gasteiger partial charge is 0.195 e. The van der Waals surface area contributed by atoms with Crippen LogP contribution < -0.4 is 0 Å². The predicted molar refractivity (Wildman–Crippen MR) is 107 cm³/mol. The van der Waals surface area contributed by atoms with Crippen molar-refractivity contribution in [3.8, 4) is 28.7 Å². The monoisotopic (exact) mass is 371 g/mol. The van der Waals surface area contributed by atoms with E-state index in [0.29, 0.717) is 23.0 Å². The van der Waals surface area contributed by atoms with Crippen molar-refractivity contribution >= 4 is 5.65 Å². The summed E-state index contributed by atoms with van der Waals surface area (Å²) in [5.41, 5.74) is 4.57. The summed E-state index contributed by atoms with van der Waals surface area (Å²) in [5.74, 6) is 1.34. The number of aryl methyl sites for hydroxylation is 1. The van der Waals surface area contributed by atoms with Gasteiger partial charge >= 0.3 is 0 Å². The fourth-order valence-corrected chi connectivity index (χ4v) is 3.17. The van der Waals surface area contributed by atoms with Gasteiger partial charge in [-0.3, -0.25) is 0 Å². The number of fused-ring (bicyclic) bond motifs is 1. The maximum Gasteiger partial charge on any atom is 0.195 e. The van der Waals surface area contributed by atoms with E-state index in [4.69, 9.17) is 4.42 Å². The van der Waals surface area contributed by atoms with Crippen LogP contribution in [0, 0.1) is 23.7 Å². The minimum atomic E-state index is 0.0808. The highest BCUT2D eigenvalue weighted by Gasteiger charge is 2.19. The summed E-state index contributed by atoms with van der Waals surface area (Å²) < 4.78 is 7.98. The summed E-state index contributed by atoms with van der Waals surface area (Å²) in [5, 5.41) is 9.31. The highest BCUT2D eigenvalue weighted by molar-refractivity contribution is 5.79. The fraction of sp³-hybridized carbons (Fsp3) is 0.273. The van der Waals surface area contributed by atoms with Gasteiger partial charge in [-0.25, -0.2) is 15.0 Å². The van der Waals surface area contributed by atoms with Crippen molar-refractivity contribution in [2.24, 2.45) is 5.41 Å². The number of rotatable bonds is 3. The second kappa shape index (κ2) is 6.61. The molecule has 4 rings (SSSR count). The zero-order chi connectivity index (χ0) is 19.9. The van der Waals surface area contributed by atoms with Gasteiger partial charge in [-0.15, -0.1) is 0 Å². The molecule has 0 unspecified atom stereocenters. The zero-order valence-electron chi connectivity index (χ0n) is 16.4. The summed E-state index contributed by atoms with van der Waals surface area (Å²) in [7, 11) is 0. The average molecular weight is 371 g/mol. The van der Waals surface area contributed by atoms with Gasteiger partial charge in [0.15, 0.2) is 11.7 Å². The fourth-order valence-electron chi connectivity index (χ4n) is 3.17. The molecule has 0 radical (unpaired) electrons. The molecule has 4 aromatic rings. The van der Waals surface area contributed by atoms with Crippen LogP contribution in [0.25, 0.3) is 28.2 Å². The Morgan fingerprint density at radius 2 is 2.00 bits per heavy atom. The van der Waals surface area contributed by atoms with Gasteiger partial charge in [-0.1, -0.05) is 20.8 Å². The average Bonchev–Trinajstić information content (AvgIpc) is 3.24. The predicted octanol–water partition coefficient (Wildman–Crippen LogP) is 4.82. The van der Waals surface area contributed by atoms with Crippen molar-refractivity contribution in [3.05, 3.63) is 60.1 Å². The minimum Gasteiger partial charge on any atom is -0.441 e. The summed E-state index contributed by atoms with van der Waals surface area (Å²) in [6, 6.07) is 9.61. The third kappa shape index (κ3) is 3.52. The maximum absolute atomic E-state index is 9.31. The minimum absolute atomic E-state index is 0.0808. The number of imidazole rings is 1. The lowest BCUT2D eigenvalue weighted by Gasteiger charge is -2.14.